The van der Waals surface area contributed by atoms with Crippen LogP contribution in [0.5, 0.6) is 0 Å². The third-order valence-corrected chi connectivity index (χ3v) is 2.52. The Bertz CT molecular complexity index is 525. The Kier molecular flexibility index (Phi) is 3.67. The van der Waals surface area contributed by atoms with Gasteiger partial charge in [0.05, 0.1) is 11.1 Å². The molecule has 4 nitrogen and oxygen atoms in total. The lowest BCUT2D eigenvalue weighted by Gasteiger charge is -2.04. The molecule has 0 aliphatic rings. The van der Waals surface area contributed by atoms with Gasteiger partial charge in [-0.2, -0.15) is 0 Å². The van der Waals surface area contributed by atoms with E-state index in [-0.39, 0.29) is 5.91 Å². The molecule has 17 heavy (non-hydrogen) atoms. The molecule has 0 atom stereocenters. The van der Waals surface area contributed by atoms with Gasteiger partial charge in [-0.1, -0.05) is 18.2 Å². The van der Waals surface area contributed by atoms with Crippen molar-refractivity contribution in [3.8, 4) is 0 Å². The Balaban J connectivity index is 2.15. The lowest BCUT2D eigenvalue weighted by atomic mass is 10.1. The van der Waals surface area contributed by atoms with Crippen LogP contribution in [0.1, 0.15) is 16.8 Å². The third-order valence-electron chi connectivity index (χ3n) is 2.52. The number of nitrogens with two attached hydrogens (primary N) is 1. The van der Waals surface area contributed by atoms with E-state index in [0.29, 0.717) is 18.7 Å². The number of hydrogen-bond donors (Lipinski definition) is 2. The summed E-state index contributed by atoms with van der Waals surface area (Å²) in [5.74, 6) is -0.100. The average Bonchev–Trinajstić information content (AvgIpc) is 2.38. The van der Waals surface area contributed by atoms with Gasteiger partial charge in [0.25, 0.3) is 5.91 Å². The van der Waals surface area contributed by atoms with E-state index in [4.69, 9.17) is 5.73 Å². The van der Waals surface area contributed by atoms with E-state index < -0.39 is 0 Å². The molecule has 0 saturated carbocycles. The minimum absolute atomic E-state index is 0.100. The zero-order valence-corrected chi connectivity index (χ0v) is 9.52. The van der Waals surface area contributed by atoms with Gasteiger partial charge in [0.15, 0.2) is 0 Å². The number of carbonyl (C=O) groups is 1. The summed E-state index contributed by atoms with van der Waals surface area (Å²) in [7, 11) is 0. The Hall–Kier alpha value is -1.94. The Morgan fingerprint density at radius 3 is 3.00 bits per heavy atom. The maximum atomic E-state index is 11.8. The van der Waals surface area contributed by atoms with E-state index in [2.05, 4.69) is 10.3 Å². The topological polar surface area (TPSA) is 68.0 Å². The first-order valence-electron chi connectivity index (χ1n) is 5.64. The van der Waals surface area contributed by atoms with E-state index in [1.54, 1.807) is 6.20 Å². The van der Waals surface area contributed by atoms with Crippen molar-refractivity contribution in [1.29, 1.82) is 0 Å². The van der Waals surface area contributed by atoms with Crippen LogP contribution in [0.25, 0.3) is 10.9 Å². The van der Waals surface area contributed by atoms with Crippen molar-refractivity contribution in [3.63, 3.8) is 0 Å². The van der Waals surface area contributed by atoms with Gasteiger partial charge in [0.2, 0.25) is 0 Å². The predicted molar refractivity (Wildman–Crippen MR) is 67.7 cm³/mol. The number of benzene rings is 1. The molecule has 0 aliphatic heterocycles. The largest absolute Gasteiger partial charge is 0.352 e. The second-order valence-corrected chi connectivity index (χ2v) is 3.81. The van der Waals surface area contributed by atoms with Gasteiger partial charge in [-0.05, 0) is 25.1 Å². The Morgan fingerprint density at radius 1 is 1.35 bits per heavy atom. The fourth-order valence-electron chi connectivity index (χ4n) is 1.60. The van der Waals surface area contributed by atoms with Crippen LogP contribution in [0, 0.1) is 0 Å². The molecule has 1 heterocycles. The van der Waals surface area contributed by atoms with Gasteiger partial charge in [0, 0.05) is 18.1 Å². The van der Waals surface area contributed by atoms with Gasteiger partial charge in [-0.25, -0.2) is 0 Å². The van der Waals surface area contributed by atoms with Crippen molar-refractivity contribution in [2.24, 2.45) is 5.73 Å². The lowest BCUT2D eigenvalue weighted by Crippen LogP contribution is -2.26. The van der Waals surface area contributed by atoms with E-state index in [1.165, 1.54) is 0 Å². The van der Waals surface area contributed by atoms with E-state index >= 15 is 0 Å². The fourth-order valence-corrected chi connectivity index (χ4v) is 1.60. The minimum atomic E-state index is -0.100. The Morgan fingerprint density at radius 2 is 2.18 bits per heavy atom. The van der Waals surface area contributed by atoms with Gasteiger partial charge in [0.1, 0.15) is 0 Å². The number of pyridine rings is 1. The Labute approximate surface area is 99.8 Å². The number of fused-ring (bicyclic) bond motifs is 1. The zero-order valence-electron chi connectivity index (χ0n) is 9.52. The number of nitrogens with zero attached hydrogens (tertiary/aromatic N) is 1. The van der Waals surface area contributed by atoms with Gasteiger partial charge >= 0.3 is 0 Å². The SMILES string of the molecule is NCCCNC(=O)c1cnc2ccccc2c1. The molecule has 2 aromatic rings. The first kappa shape index (κ1) is 11.5. The van der Waals surface area contributed by atoms with Gasteiger partial charge in [-0.3, -0.25) is 9.78 Å². The molecule has 0 bridgehead atoms. The summed E-state index contributed by atoms with van der Waals surface area (Å²) in [6.07, 6.45) is 2.38. The summed E-state index contributed by atoms with van der Waals surface area (Å²) in [5, 5.41) is 3.78. The van der Waals surface area contributed by atoms with Crippen molar-refractivity contribution >= 4 is 16.8 Å². The molecule has 4 heteroatoms. The molecule has 0 aliphatic carbocycles. The first-order chi connectivity index (χ1) is 8.31. The molecule has 1 aromatic carbocycles. The molecule has 3 N–H and O–H groups in total. The molecule has 2 rings (SSSR count). The van der Waals surface area contributed by atoms with Crippen molar-refractivity contribution in [3.05, 3.63) is 42.1 Å². The van der Waals surface area contributed by atoms with Crippen LogP contribution in [-0.2, 0) is 0 Å². The quantitative estimate of drug-likeness (QED) is 0.777. The van der Waals surface area contributed by atoms with Crippen molar-refractivity contribution in [2.45, 2.75) is 6.42 Å². The normalized spacial score (nSPS) is 10.4. The van der Waals surface area contributed by atoms with Crippen LogP contribution in [0.3, 0.4) is 0 Å². The number of rotatable bonds is 4. The molecule has 0 fully saturated rings. The lowest BCUT2D eigenvalue weighted by molar-refractivity contribution is 0.0953. The molecule has 0 unspecified atom stereocenters. The molecule has 88 valence electrons. The maximum absolute atomic E-state index is 11.8. The molecule has 0 spiro atoms. The fraction of sp³-hybridized carbons (Fsp3) is 0.231. The first-order valence-corrected chi connectivity index (χ1v) is 5.64. The highest BCUT2D eigenvalue weighted by Gasteiger charge is 2.05. The highest BCUT2D eigenvalue weighted by Crippen LogP contribution is 2.12. The third kappa shape index (κ3) is 2.79. The molecule has 0 saturated heterocycles. The maximum Gasteiger partial charge on any atom is 0.252 e. The van der Waals surface area contributed by atoms with E-state index in [9.17, 15) is 4.79 Å². The summed E-state index contributed by atoms with van der Waals surface area (Å²) in [6, 6.07) is 9.57. The summed E-state index contributed by atoms with van der Waals surface area (Å²) in [5.41, 5.74) is 6.84. The summed E-state index contributed by atoms with van der Waals surface area (Å²) >= 11 is 0. The van der Waals surface area contributed by atoms with E-state index in [1.807, 2.05) is 30.3 Å². The standard InChI is InChI=1S/C13H15N3O/c14-6-3-7-15-13(17)11-8-10-4-1-2-5-12(10)16-9-11/h1-2,4-5,8-9H,3,6-7,14H2,(H,15,17). The van der Waals surface area contributed by atoms with Gasteiger partial charge < -0.3 is 11.1 Å². The zero-order chi connectivity index (χ0) is 12.1. The highest BCUT2D eigenvalue weighted by molar-refractivity contribution is 5.97. The van der Waals surface area contributed by atoms with Crippen LogP contribution in [-0.4, -0.2) is 24.0 Å². The molecule has 1 amide bonds. The average molecular weight is 229 g/mol. The molecule has 1 aromatic heterocycles. The number of amides is 1. The molecule has 0 radical (unpaired) electrons. The number of carbonyl (C=O) groups excluding carboxylic acids is 1. The summed E-state index contributed by atoms with van der Waals surface area (Å²) < 4.78 is 0. The van der Waals surface area contributed by atoms with Crippen LogP contribution >= 0.6 is 0 Å². The molecular weight excluding hydrogens is 214 g/mol. The van der Waals surface area contributed by atoms with Crippen molar-refractivity contribution in [1.82, 2.24) is 10.3 Å². The van der Waals surface area contributed by atoms with Crippen molar-refractivity contribution < 1.29 is 4.79 Å². The predicted octanol–water partition coefficient (Wildman–Crippen LogP) is 1.31. The number of aromatic nitrogens is 1. The smallest absolute Gasteiger partial charge is 0.252 e. The second-order valence-electron chi connectivity index (χ2n) is 3.81. The van der Waals surface area contributed by atoms with E-state index in [0.717, 1.165) is 17.3 Å². The summed E-state index contributed by atoms with van der Waals surface area (Å²) in [6.45, 7) is 1.18. The summed E-state index contributed by atoms with van der Waals surface area (Å²) in [4.78, 5) is 16.0. The van der Waals surface area contributed by atoms with Crippen molar-refractivity contribution in [2.75, 3.05) is 13.1 Å². The minimum Gasteiger partial charge on any atom is -0.352 e. The van der Waals surface area contributed by atoms with Crippen LogP contribution in [0.2, 0.25) is 0 Å². The monoisotopic (exact) mass is 229 g/mol. The number of para-hydroxylation sites is 1. The van der Waals surface area contributed by atoms with Crippen LogP contribution < -0.4 is 11.1 Å². The highest BCUT2D eigenvalue weighted by atomic mass is 16.1. The second kappa shape index (κ2) is 5.41. The number of nitrogens with one attached hydrogen (secondary N) is 1. The van der Waals surface area contributed by atoms with Crippen LogP contribution in [0.4, 0.5) is 0 Å². The molecular formula is C13H15N3O. The number of hydrogen-bond acceptors (Lipinski definition) is 3. The van der Waals surface area contributed by atoms with Gasteiger partial charge in [-0.15, -0.1) is 0 Å². The van der Waals surface area contributed by atoms with Crippen LogP contribution in [0.15, 0.2) is 36.5 Å².